The van der Waals surface area contributed by atoms with Crippen LogP contribution in [0.2, 0.25) is 0 Å². The second-order valence-corrected chi connectivity index (χ2v) is 2.84. The van der Waals surface area contributed by atoms with E-state index >= 15 is 0 Å². The van der Waals surface area contributed by atoms with Crippen molar-refractivity contribution in [2.24, 2.45) is 5.92 Å². The molecule has 0 fully saturated rings. The first-order chi connectivity index (χ1) is 5.20. The molecule has 1 unspecified atom stereocenters. The summed E-state index contributed by atoms with van der Waals surface area (Å²) < 4.78 is 0. The van der Waals surface area contributed by atoms with Crippen molar-refractivity contribution in [2.45, 2.75) is 27.2 Å². The third-order valence-corrected chi connectivity index (χ3v) is 1.36. The van der Waals surface area contributed by atoms with E-state index in [2.05, 4.69) is 6.08 Å². The van der Waals surface area contributed by atoms with Crippen LogP contribution >= 0.6 is 0 Å². The van der Waals surface area contributed by atoms with Gasteiger partial charge < -0.3 is 4.79 Å². The van der Waals surface area contributed by atoms with Crippen LogP contribution in [-0.2, 0) is 4.79 Å². The van der Waals surface area contributed by atoms with Crippen molar-refractivity contribution in [3.05, 3.63) is 23.8 Å². The summed E-state index contributed by atoms with van der Waals surface area (Å²) in [6.45, 7) is 6.05. The van der Waals surface area contributed by atoms with Crippen LogP contribution in [0.1, 0.15) is 27.2 Å². The van der Waals surface area contributed by atoms with Gasteiger partial charge in [-0.2, -0.15) is 0 Å². The molecule has 0 saturated carbocycles. The lowest BCUT2D eigenvalue weighted by Crippen LogP contribution is -1.92. The summed E-state index contributed by atoms with van der Waals surface area (Å²) in [4.78, 5) is 10.2. The van der Waals surface area contributed by atoms with Gasteiger partial charge in [0.05, 0.1) is 0 Å². The molecule has 0 aliphatic heterocycles. The first-order valence-corrected chi connectivity index (χ1v) is 3.92. The smallest absolute Gasteiger partial charge is 0.120 e. The van der Waals surface area contributed by atoms with Crippen LogP contribution < -0.4 is 0 Å². The van der Waals surface area contributed by atoms with Gasteiger partial charge >= 0.3 is 0 Å². The molecular weight excluding hydrogens is 136 g/mol. The molecule has 0 amide bonds. The van der Waals surface area contributed by atoms with Gasteiger partial charge in [-0.15, -0.1) is 0 Å². The zero-order valence-electron chi connectivity index (χ0n) is 7.50. The molecule has 0 N–H and O–H groups in total. The standard InChI is InChI=1S/C10H16O/c1-4-5-10(6-7-11)8-9(2)3/h4-5,7-8,10H,6H2,1-3H3/b5-4+. The molecule has 11 heavy (non-hydrogen) atoms. The molecule has 0 radical (unpaired) electrons. The quantitative estimate of drug-likeness (QED) is 0.447. The zero-order chi connectivity index (χ0) is 8.69. The molecule has 62 valence electrons. The van der Waals surface area contributed by atoms with Crippen LogP contribution in [0.5, 0.6) is 0 Å². The van der Waals surface area contributed by atoms with Gasteiger partial charge in [0.1, 0.15) is 6.29 Å². The first-order valence-electron chi connectivity index (χ1n) is 3.92. The van der Waals surface area contributed by atoms with Gasteiger partial charge in [-0.05, 0) is 20.8 Å². The average molecular weight is 152 g/mol. The van der Waals surface area contributed by atoms with Crippen LogP contribution in [0.3, 0.4) is 0 Å². The van der Waals surface area contributed by atoms with Crippen LogP contribution in [0.25, 0.3) is 0 Å². The van der Waals surface area contributed by atoms with E-state index in [1.165, 1.54) is 5.57 Å². The van der Waals surface area contributed by atoms with E-state index in [-0.39, 0.29) is 0 Å². The molecule has 0 aromatic rings. The number of aldehydes is 1. The normalized spacial score (nSPS) is 13.0. The second-order valence-electron chi connectivity index (χ2n) is 2.84. The summed E-state index contributed by atoms with van der Waals surface area (Å²) in [7, 11) is 0. The van der Waals surface area contributed by atoms with Crippen molar-refractivity contribution < 1.29 is 4.79 Å². The molecule has 1 nitrogen and oxygen atoms in total. The zero-order valence-corrected chi connectivity index (χ0v) is 7.50. The third-order valence-electron chi connectivity index (χ3n) is 1.36. The molecule has 0 saturated heterocycles. The molecule has 0 spiro atoms. The van der Waals surface area contributed by atoms with E-state index in [1.54, 1.807) is 0 Å². The topological polar surface area (TPSA) is 17.1 Å². The number of carbonyl (C=O) groups excluding carboxylic acids is 1. The minimum atomic E-state index is 0.294. The number of hydrogen-bond acceptors (Lipinski definition) is 1. The van der Waals surface area contributed by atoms with Gasteiger partial charge in [-0.1, -0.05) is 23.8 Å². The van der Waals surface area contributed by atoms with Crippen molar-refractivity contribution in [3.63, 3.8) is 0 Å². The van der Waals surface area contributed by atoms with Crippen LogP contribution in [0.15, 0.2) is 23.8 Å². The van der Waals surface area contributed by atoms with Gasteiger partial charge in [0.15, 0.2) is 0 Å². The number of rotatable bonds is 4. The fourth-order valence-electron chi connectivity index (χ4n) is 0.989. The maximum atomic E-state index is 10.2. The largest absolute Gasteiger partial charge is 0.303 e. The lowest BCUT2D eigenvalue weighted by atomic mass is 10.0. The summed E-state index contributed by atoms with van der Waals surface area (Å²) in [5, 5.41) is 0. The van der Waals surface area contributed by atoms with Gasteiger partial charge in [0.2, 0.25) is 0 Å². The second kappa shape index (κ2) is 5.90. The maximum absolute atomic E-state index is 10.2. The molecule has 0 bridgehead atoms. The Kier molecular flexibility index (Phi) is 5.44. The lowest BCUT2D eigenvalue weighted by molar-refractivity contribution is -0.108. The van der Waals surface area contributed by atoms with E-state index in [4.69, 9.17) is 0 Å². The predicted molar refractivity (Wildman–Crippen MR) is 48.4 cm³/mol. The van der Waals surface area contributed by atoms with Gasteiger partial charge in [0.25, 0.3) is 0 Å². The Morgan fingerprint density at radius 3 is 2.45 bits per heavy atom. The Hall–Kier alpha value is -0.850. The Morgan fingerprint density at radius 1 is 1.45 bits per heavy atom. The molecule has 0 rings (SSSR count). The van der Waals surface area contributed by atoms with Crippen LogP contribution in [0.4, 0.5) is 0 Å². The van der Waals surface area contributed by atoms with Gasteiger partial charge in [-0.25, -0.2) is 0 Å². The molecular formula is C10H16O. The molecule has 0 heterocycles. The molecule has 0 aliphatic carbocycles. The average Bonchev–Trinajstić information content (AvgIpc) is 1.87. The highest BCUT2D eigenvalue weighted by atomic mass is 16.1. The first kappa shape index (κ1) is 10.2. The molecule has 0 aromatic heterocycles. The minimum absolute atomic E-state index is 0.294. The summed E-state index contributed by atoms with van der Waals surface area (Å²) in [5.41, 5.74) is 1.26. The predicted octanol–water partition coefficient (Wildman–Crippen LogP) is 2.73. The van der Waals surface area contributed by atoms with E-state index < -0.39 is 0 Å². The highest BCUT2D eigenvalue weighted by Crippen LogP contribution is 2.08. The van der Waals surface area contributed by atoms with Crippen molar-refractivity contribution in [3.8, 4) is 0 Å². The Bertz CT molecular complexity index is 162. The SMILES string of the molecule is C/C=C/C(C=C(C)C)CC=O. The third kappa shape index (κ3) is 5.59. The maximum Gasteiger partial charge on any atom is 0.120 e. The highest BCUT2D eigenvalue weighted by Gasteiger charge is 1.97. The molecule has 1 atom stereocenters. The summed E-state index contributed by atoms with van der Waals surface area (Å²) in [5.74, 6) is 0.294. The highest BCUT2D eigenvalue weighted by molar-refractivity contribution is 5.51. The molecule has 0 aliphatic rings. The minimum Gasteiger partial charge on any atom is -0.303 e. The monoisotopic (exact) mass is 152 g/mol. The fourth-order valence-corrected chi connectivity index (χ4v) is 0.989. The Labute approximate surface area is 68.8 Å². The number of hydrogen-bond donors (Lipinski definition) is 0. The van der Waals surface area contributed by atoms with E-state index in [0.29, 0.717) is 12.3 Å². The van der Waals surface area contributed by atoms with Crippen molar-refractivity contribution in [1.29, 1.82) is 0 Å². The van der Waals surface area contributed by atoms with Crippen molar-refractivity contribution in [2.75, 3.05) is 0 Å². The van der Waals surface area contributed by atoms with Crippen molar-refractivity contribution >= 4 is 6.29 Å². The lowest BCUT2D eigenvalue weighted by Gasteiger charge is -2.02. The van der Waals surface area contributed by atoms with E-state index in [9.17, 15) is 4.79 Å². The summed E-state index contributed by atoms with van der Waals surface area (Å²) >= 11 is 0. The van der Waals surface area contributed by atoms with Crippen LogP contribution in [-0.4, -0.2) is 6.29 Å². The molecule has 0 aromatic carbocycles. The summed E-state index contributed by atoms with van der Waals surface area (Å²) in [6.07, 6.45) is 7.68. The van der Waals surface area contributed by atoms with Crippen molar-refractivity contribution in [1.82, 2.24) is 0 Å². The van der Waals surface area contributed by atoms with Gasteiger partial charge in [0, 0.05) is 12.3 Å². The number of carbonyl (C=O) groups is 1. The Balaban J connectivity index is 4.09. The molecule has 1 heteroatoms. The summed E-state index contributed by atoms with van der Waals surface area (Å²) in [6, 6.07) is 0. The Morgan fingerprint density at radius 2 is 2.09 bits per heavy atom. The van der Waals surface area contributed by atoms with E-state index in [0.717, 1.165) is 6.29 Å². The van der Waals surface area contributed by atoms with Crippen LogP contribution in [0, 0.1) is 5.92 Å². The van der Waals surface area contributed by atoms with Gasteiger partial charge in [-0.3, -0.25) is 0 Å². The van der Waals surface area contributed by atoms with E-state index in [1.807, 2.05) is 32.9 Å². The fraction of sp³-hybridized carbons (Fsp3) is 0.500. The number of allylic oxidation sites excluding steroid dienone is 4.